The van der Waals surface area contributed by atoms with E-state index in [4.69, 9.17) is 9.26 Å². The zero-order valence-corrected chi connectivity index (χ0v) is 14.0. The molecule has 1 heterocycles. The Kier molecular flexibility index (Phi) is 5.23. The van der Waals surface area contributed by atoms with Crippen LogP contribution in [0.3, 0.4) is 0 Å². The first-order valence-corrected chi connectivity index (χ1v) is 7.96. The van der Waals surface area contributed by atoms with Crippen LogP contribution in [-0.2, 0) is 6.42 Å². The Morgan fingerprint density at radius 1 is 1.00 bits per heavy atom. The largest absolute Gasteiger partial charge is 0.491 e. The Morgan fingerprint density at radius 3 is 2.54 bits per heavy atom. The second-order valence-corrected chi connectivity index (χ2v) is 5.83. The van der Waals surface area contributed by atoms with Gasteiger partial charge < -0.3 is 14.2 Å². The summed E-state index contributed by atoms with van der Waals surface area (Å²) >= 11 is 0. The van der Waals surface area contributed by atoms with Crippen LogP contribution < -0.4 is 4.74 Å². The molecule has 5 nitrogen and oxygen atoms in total. The van der Waals surface area contributed by atoms with Gasteiger partial charge in [0, 0.05) is 13.0 Å². The summed E-state index contributed by atoms with van der Waals surface area (Å²) in [4.78, 5) is 6.59. The number of likely N-dealkylation sites (N-methyl/N-ethyl adjacent to an activating group) is 1. The van der Waals surface area contributed by atoms with Crippen LogP contribution >= 0.6 is 0 Å². The average Bonchev–Trinajstić information content (AvgIpc) is 3.04. The maximum absolute atomic E-state index is 5.86. The lowest BCUT2D eigenvalue weighted by Crippen LogP contribution is -2.19. The quantitative estimate of drug-likeness (QED) is 0.668. The molecule has 1 aromatic heterocycles. The minimum absolute atomic E-state index is 0.487. The minimum atomic E-state index is 0.487. The molecule has 0 aliphatic carbocycles. The van der Waals surface area contributed by atoms with Gasteiger partial charge in [0.25, 0.3) is 5.89 Å². The molecule has 2 aromatic carbocycles. The number of para-hydroxylation sites is 1. The summed E-state index contributed by atoms with van der Waals surface area (Å²) in [6.07, 6.45) is 0.647. The van der Waals surface area contributed by atoms with Crippen LogP contribution in [0, 0.1) is 0 Å². The van der Waals surface area contributed by atoms with Gasteiger partial charge in [0.15, 0.2) is 5.82 Å². The van der Waals surface area contributed by atoms with Crippen molar-refractivity contribution in [3.05, 3.63) is 66.0 Å². The van der Waals surface area contributed by atoms with Gasteiger partial charge in [-0.25, -0.2) is 0 Å². The van der Waals surface area contributed by atoms with E-state index in [9.17, 15) is 0 Å². The smallest absolute Gasteiger partial charge is 0.261 e. The molecule has 24 heavy (non-hydrogen) atoms. The van der Waals surface area contributed by atoms with E-state index < -0.39 is 0 Å². The van der Waals surface area contributed by atoms with Gasteiger partial charge in [-0.1, -0.05) is 47.6 Å². The summed E-state index contributed by atoms with van der Waals surface area (Å²) < 4.78 is 11.3. The highest BCUT2D eigenvalue weighted by atomic mass is 16.5. The van der Waals surface area contributed by atoms with Gasteiger partial charge in [-0.3, -0.25) is 0 Å². The van der Waals surface area contributed by atoms with Gasteiger partial charge >= 0.3 is 0 Å². The molecule has 3 rings (SSSR count). The second kappa shape index (κ2) is 7.75. The van der Waals surface area contributed by atoms with Crippen molar-refractivity contribution in [3.8, 4) is 17.2 Å². The Balaban J connectivity index is 1.75. The van der Waals surface area contributed by atoms with Gasteiger partial charge in [0.2, 0.25) is 0 Å². The van der Waals surface area contributed by atoms with E-state index in [1.807, 2.05) is 68.7 Å². The summed E-state index contributed by atoms with van der Waals surface area (Å²) in [5, 5.41) is 4.09. The van der Waals surface area contributed by atoms with Gasteiger partial charge in [0.05, 0.1) is 5.56 Å². The van der Waals surface area contributed by atoms with Crippen molar-refractivity contribution in [3.63, 3.8) is 0 Å². The lowest BCUT2D eigenvalue weighted by molar-refractivity contribution is 0.261. The first kappa shape index (κ1) is 16.2. The highest BCUT2D eigenvalue weighted by molar-refractivity contribution is 5.62. The van der Waals surface area contributed by atoms with E-state index in [2.05, 4.69) is 15.0 Å². The molecular weight excluding hydrogens is 302 g/mol. The normalized spacial score (nSPS) is 11.0. The van der Waals surface area contributed by atoms with E-state index in [0.29, 0.717) is 24.7 Å². The molecule has 0 amide bonds. The summed E-state index contributed by atoms with van der Waals surface area (Å²) in [5.41, 5.74) is 1.98. The van der Waals surface area contributed by atoms with Crippen molar-refractivity contribution in [2.45, 2.75) is 6.42 Å². The fourth-order valence-electron chi connectivity index (χ4n) is 2.32. The van der Waals surface area contributed by atoms with Crippen molar-refractivity contribution < 1.29 is 9.26 Å². The third-order valence-electron chi connectivity index (χ3n) is 3.59. The van der Waals surface area contributed by atoms with Crippen molar-refractivity contribution in [2.24, 2.45) is 0 Å². The summed E-state index contributed by atoms with van der Waals surface area (Å²) in [7, 11) is 4.03. The monoisotopic (exact) mass is 323 g/mol. The molecule has 5 heteroatoms. The topological polar surface area (TPSA) is 51.4 Å². The number of rotatable bonds is 7. The fourth-order valence-corrected chi connectivity index (χ4v) is 2.32. The molecule has 0 N–H and O–H groups in total. The maximum atomic E-state index is 5.86. The SMILES string of the molecule is CN(C)CCOc1ccccc1-c1nc(Cc2ccccc2)no1. The van der Waals surface area contributed by atoms with Crippen molar-refractivity contribution in [2.75, 3.05) is 27.2 Å². The molecule has 0 atom stereocenters. The van der Waals surface area contributed by atoms with Crippen LogP contribution in [0.4, 0.5) is 0 Å². The number of aromatic nitrogens is 2. The van der Waals surface area contributed by atoms with Crippen LogP contribution in [-0.4, -0.2) is 42.3 Å². The molecule has 0 aliphatic heterocycles. The number of hydrogen-bond acceptors (Lipinski definition) is 5. The van der Waals surface area contributed by atoms with E-state index in [0.717, 1.165) is 23.4 Å². The van der Waals surface area contributed by atoms with Crippen LogP contribution in [0.25, 0.3) is 11.5 Å². The van der Waals surface area contributed by atoms with Crippen molar-refractivity contribution in [1.29, 1.82) is 0 Å². The molecule has 0 spiro atoms. The maximum Gasteiger partial charge on any atom is 0.261 e. The third kappa shape index (κ3) is 4.20. The predicted molar refractivity (Wildman–Crippen MR) is 93.0 cm³/mol. The molecular formula is C19H21N3O2. The Labute approximate surface area is 141 Å². The lowest BCUT2D eigenvalue weighted by Gasteiger charge is -2.12. The highest BCUT2D eigenvalue weighted by Crippen LogP contribution is 2.28. The Morgan fingerprint density at radius 2 is 1.75 bits per heavy atom. The van der Waals surface area contributed by atoms with Gasteiger partial charge in [-0.15, -0.1) is 0 Å². The first-order valence-electron chi connectivity index (χ1n) is 7.96. The van der Waals surface area contributed by atoms with Crippen LogP contribution in [0.1, 0.15) is 11.4 Å². The molecule has 0 aliphatic rings. The van der Waals surface area contributed by atoms with Gasteiger partial charge in [-0.05, 0) is 31.8 Å². The fraction of sp³-hybridized carbons (Fsp3) is 0.263. The second-order valence-electron chi connectivity index (χ2n) is 5.83. The van der Waals surface area contributed by atoms with Crippen molar-refractivity contribution in [1.82, 2.24) is 15.0 Å². The molecule has 0 saturated carbocycles. The van der Waals surface area contributed by atoms with E-state index in [1.165, 1.54) is 0 Å². The molecule has 0 saturated heterocycles. The molecule has 124 valence electrons. The van der Waals surface area contributed by atoms with Gasteiger partial charge in [0.1, 0.15) is 12.4 Å². The zero-order valence-electron chi connectivity index (χ0n) is 14.0. The summed E-state index contributed by atoms with van der Waals surface area (Å²) in [5.74, 6) is 1.91. The molecule has 0 radical (unpaired) electrons. The average molecular weight is 323 g/mol. The van der Waals surface area contributed by atoms with Crippen LogP contribution in [0.5, 0.6) is 5.75 Å². The predicted octanol–water partition coefficient (Wildman–Crippen LogP) is 3.27. The lowest BCUT2D eigenvalue weighted by atomic mass is 10.1. The minimum Gasteiger partial charge on any atom is -0.491 e. The first-order chi connectivity index (χ1) is 11.7. The highest BCUT2D eigenvalue weighted by Gasteiger charge is 2.14. The molecule has 0 unspecified atom stereocenters. The Bertz CT molecular complexity index is 769. The van der Waals surface area contributed by atoms with E-state index in [-0.39, 0.29) is 0 Å². The number of benzene rings is 2. The molecule has 0 bridgehead atoms. The zero-order chi connectivity index (χ0) is 16.8. The van der Waals surface area contributed by atoms with Crippen LogP contribution in [0.15, 0.2) is 59.1 Å². The number of hydrogen-bond donors (Lipinski definition) is 0. The number of ether oxygens (including phenoxy) is 1. The molecule has 0 fully saturated rings. The van der Waals surface area contributed by atoms with E-state index >= 15 is 0 Å². The Hall–Kier alpha value is -2.66. The number of nitrogens with zero attached hydrogens (tertiary/aromatic N) is 3. The summed E-state index contributed by atoms with van der Waals surface area (Å²) in [6, 6.07) is 17.8. The van der Waals surface area contributed by atoms with Crippen LogP contribution in [0.2, 0.25) is 0 Å². The molecule has 3 aromatic rings. The third-order valence-corrected chi connectivity index (χ3v) is 3.59. The van der Waals surface area contributed by atoms with E-state index in [1.54, 1.807) is 0 Å². The van der Waals surface area contributed by atoms with Gasteiger partial charge in [-0.2, -0.15) is 4.98 Å². The standard InChI is InChI=1S/C19H21N3O2/c1-22(2)12-13-23-17-11-7-6-10-16(17)19-20-18(21-24-19)14-15-8-4-3-5-9-15/h3-11H,12-14H2,1-2H3. The summed E-state index contributed by atoms with van der Waals surface area (Å²) in [6.45, 7) is 1.45. The van der Waals surface area contributed by atoms with Crippen molar-refractivity contribution >= 4 is 0 Å².